The fraction of sp³-hybridized carbons (Fsp3) is 0.579. The lowest BCUT2D eigenvalue weighted by Gasteiger charge is -2.23. The minimum Gasteiger partial charge on any atom is -0.464 e. The number of amides is 1. The number of ether oxygens (including phenoxy) is 2. The van der Waals surface area contributed by atoms with E-state index in [1.54, 1.807) is 52.0 Å². The second-order valence-electron chi connectivity index (χ2n) is 7.07. The van der Waals surface area contributed by atoms with Gasteiger partial charge in [0.1, 0.15) is 11.6 Å². The van der Waals surface area contributed by atoms with E-state index >= 15 is 0 Å². The lowest BCUT2D eigenvalue weighted by Crippen LogP contribution is -2.45. The Morgan fingerprint density at radius 2 is 1.81 bits per heavy atom. The number of carbonyl (C=O) groups is 2. The Balaban J connectivity index is 2.74. The van der Waals surface area contributed by atoms with Crippen molar-refractivity contribution in [3.05, 3.63) is 29.8 Å². The number of hydrogen-bond acceptors (Lipinski definition) is 7. The van der Waals surface area contributed by atoms with Crippen molar-refractivity contribution in [2.75, 3.05) is 25.1 Å². The molecule has 0 aliphatic heterocycles. The van der Waals surface area contributed by atoms with E-state index in [2.05, 4.69) is 10.6 Å². The number of benzene rings is 1. The zero-order valence-electron chi connectivity index (χ0n) is 16.3. The fourth-order valence-electron chi connectivity index (χ4n) is 2.18. The van der Waals surface area contributed by atoms with Gasteiger partial charge in [-0.3, -0.25) is 0 Å². The number of aliphatic hydroxyl groups is 2. The van der Waals surface area contributed by atoms with Gasteiger partial charge in [0.25, 0.3) is 0 Å². The second kappa shape index (κ2) is 10.7. The summed E-state index contributed by atoms with van der Waals surface area (Å²) in [6.07, 6.45) is -1.27. The number of rotatable bonds is 9. The summed E-state index contributed by atoms with van der Waals surface area (Å²) in [5.74, 6) is -0.531. The molecule has 8 nitrogen and oxygen atoms in total. The van der Waals surface area contributed by atoms with Crippen LogP contribution in [-0.4, -0.2) is 59.8 Å². The molecule has 0 heterocycles. The zero-order chi connectivity index (χ0) is 20.4. The first-order valence-electron chi connectivity index (χ1n) is 8.92. The van der Waals surface area contributed by atoms with Crippen LogP contribution in [0, 0.1) is 0 Å². The molecule has 2 atom stereocenters. The highest BCUT2D eigenvalue weighted by molar-refractivity contribution is 5.81. The molecular weight excluding hydrogens is 352 g/mol. The molecule has 0 spiro atoms. The molecule has 0 bridgehead atoms. The Bertz CT molecular complexity index is 597. The van der Waals surface area contributed by atoms with Crippen molar-refractivity contribution in [3.63, 3.8) is 0 Å². The predicted molar refractivity (Wildman–Crippen MR) is 102 cm³/mol. The highest BCUT2D eigenvalue weighted by atomic mass is 16.6. The number of alkyl carbamates (subject to hydrolysis) is 1. The van der Waals surface area contributed by atoms with Crippen molar-refractivity contribution in [1.29, 1.82) is 0 Å². The largest absolute Gasteiger partial charge is 0.464 e. The summed E-state index contributed by atoms with van der Waals surface area (Å²) < 4.78 is 10.2. The van der Waals surface area contributed by atoms with Crippen molar-refractivity contribution in [2.24, 2.45) is 0 Å². The van der Waals surface area contributed by atoms with E-state index < -0.39 is 29.8 Å². The normalized spacial score (nSPS) is 13.4. The molecule has 0 aliphatic rings. The maximum atomic E-state index is 12.2. The molecule has 0 aromatic heterocycles. The van der Waals surface area contributed by atoms with Crippen molar-refractivity contribution >= 4 is 17.7 Å². The van der Waals surface area contributed by atoms with E-state index in [9.17, 15) is 14.7 Å². The molecule has 27 heavy (non-hydrogen) atoms. The molecule has 152 valence electrons. The number of carbonyl (C=O) groups excluding carboxylic acids is 2. The Morgan fingerprint density at radius 3 is 2.33 bits per heavy atom. The quantitative estimate of drug-likeness (QED) is 0.478. The maximum absolute atomic E-state index is 12.2. The molecular formula is C19H30N2O6. The third kappa shape index (κ3) is 9.25. The van der Waals surface area contributed by atoms with Crippen molar-refractivity contribution in [1.82, 2.24) is 5.32 Å². The van der Waals surface area contributed by atoms with Crippen LogP contribution >= 0.6 is 0 Å². The van der Waals surface area contributed by atoms with Crippen molar-refractivity contribution < 1.29 is 29.3 Å². The summed E-state index contributed by atoms with van der Waals surface area (Å²) >= 11 is 0. The van der Waals surface area contributed by atoms with Crippen LogP contribution in [0.2, 0.25) is 0 Å². The fourth-order valence-corrected chi connectivity index (χ4v) is 2.18. The van der Waals surface area contributed by atoms with Crippen LogP contribution in [0.5, 0.6) is 0 Å². The van der Waals surface area contributed by atoms with Gasteiger partial charge in [0.2, 0.25) is 0 Å². The molecule has 0 radical (unpaired) electrons. The third-order valence-electron chi connectivity index (χ3n) is 3.41. The molecule has 2 unspecified atom stereocenters. The summed E-state index contributed by atoms with van der Waals surface area (Å²) in [6, 6.07) is 6.31. The molecule has 8 heteroatoms. The van der Waals surface area contributed by atoms with Gasteiger partial charge in [-0.25, -0.2) is 9.59 Å². The smallest absolute Gasteiger partial charge is 0.408 e. The molecule has 1 aromatic carbocycles. The van der Waals surface area contributed by atoms with Crippen LogP contribution in [0.4, 0.5) is 10.5 Å². The first kappa shape index (κ1) is 22.7. The van der Waals surface area contributed by atoms with Gasteiger partial charge in [-0.2, -0.15) is 0 Å². The maximum Gasteiger partial charge on any atom is 0.408 e. The number of hydrogen-bond donors (Lipinski definition) is 4. The molecule has 0 fully saturated rings. The number of esters is 1. The lowest BCUT2D eigenvalue weighted by atomic mass is 10.1. The predicted octanol–water partition coefficient (Wildman–Crippen LogP) is 1.45. The minimum absolute atomic E-state index is 0.210. The van der Waals surface area contributed by atoms with Crippen LogP contribution in [0.15, 0.2) is 24.3 Å². The van der Waals surface area contributed by atoms with Gasteiger partial charge in [0, 0.05) is 18.7 Å². The van der Waals surface area contributed by atoms with Crippen LogP contribution in [-0.2, 0) is 20.7 Å². The average Bonchev–Trinajstić information content (AvgIpc) is 2.58. The summed E-state index contributed by atoms with van der Waals surface area (Å²) in [5, 5.41) is 23.7. The Kier molecular flexibility index (Phi) is 9.04. The van der Waals surface area contributed by atoms with Gasteiger partial charge < -0.3 is 30.3 Å². The van der Waals surface area contributed by atoms with E-state index in [0.29, 0.717) is 0 Å². The highest BCUT2D eigenvalue weighted by Gasteiger charge is 2.25. The summed E-state index contributed by atoms with van der Waals surface area (Å²) in [6.45, 7) is 7.04. The highest BCUT2D eigenvalue weighted by Crippen LogP contribution is 2.13. The molecule has 0 aliphatic carbocycles. The number of aliphatic hydroxyl groups excluding tert-OH is 2. The van der Waals surface area contributed by atoms with Crippen molar-refractivity contribution in [3.8, 4) is 0 Å². The summed E-state index contributed by atoms with van der Waals surface area (Å²) in [5.41, 5.74) is 0.909. The molecule has 1 rings (SSSR count). The number of nitrogens with one attached hydrogen (secondary N) is 2. The van der Waals surface area contributed by atoms with Gasteiger partial charge in [-0.1, -0.05) is 12.1 Å². The van der Waals surface area contributed by atoms with Crippen LogP contribution in [0.1, 0.15) is 33.3 Å². The van der Waals surface area contributed by atoms with Gasteiger partial charge in [-0.05, 0) is 45.4 Å². The standard InChI is InChI=1S/C19H30N2O6/c1-5-26-17(24)16(21-18(25)27-19(2,3)4)10-13-6-8-14(9-7-13)20-11-15(23)12-22/h6-9,15-16,20,22-23H,5,10-12H2,1-4H3,(H,21,25). The van der Waals surface area contributed by atoms with E-state index in [4.69, 9.17) is 14.6 Å². The number of anilines is 1. The van der Waals surface area contributed by atoms with E-state index in [0.717, 1.165) is 11.3 Å². The first-order chi connectivity index (χ1) is 12.6. The average molecular weight is 382 g/mol. The van der Waals surface area contributed by atoms with Gasteiger partial charge in [0.05, 0.1) is 19.3 Å². The van der Waals surface area contributed by atoms with Crippen LogP contribution < -0.4 is 10.6 Å². The van der Waals surface area contributed by atoms with Crippen LogP contribution in [0.25, 0.3) is 0 Å². The Hall–Kier alpha value is -2.32. The molecule has 1 aromatic rings. The molecule has 1 amide bonds. The van der Waals surface area contributed by atoms with E-state index in [1.807, 2.05) is 0 Å². The molecule has 0 saturated heterocycles. The summed E-state index contributed by atoms with van der Waals surface area (Å²) in [4.78, 5) is 24.2. The third-order valence-corrected chi connectivity index (χ3v) is 3.41. The second-order valence-corrected chi connectivity index (χ2v) is 7.07. The molecule has 0 saturated carbocycles. The topological polar surface area (TPSA) is 117 Å². The van der Waals surface area contributed by atoms with Gasteiger partial charge in [0.15, 0.2) is 0 Å². The van der Waals surface area contributed by atoms with E-state index in [-0.39, 0.29) is 26.2 Å². The Labute approximate surface area is 159 Å². The monoisotopic (exact) mass is 382 g/mol. The van der Waals surface area contributed by atoms with Gasteiger partial charge in [-0.15, -0.1) is 0 Å². The van der Waals surface area contributed by atoms with Crippen molar-refractivity contribution in [2.45, 2.75) is 51.9 Å². The Morgan fingerprint density at radius 1 is 1.19 bits per heavy atom. The van der Waals surface area contributed by atoms with Gasteiger partial charge >= 0.3 is 12.1 Å². The lowest BCUT2D eigenvalue weighted by molar-refractivity contribution is -0.145. The SMILES string of the molecule is CCOC(=O)C(Cc1ccc(NCC(O)CO)cc1)NC(=O)OC(C)(C)C. The minimum atomic E-state index is -0.866. The van der Waals surface area contributed by atoms with Crippen LogP contribution in [0.3, 0.4) is 0 Å². The molecule has 4 N–H and O–H groups in total. The first-order valence-corrected chi connectivity index (χ1v) is 8.92. The summed E-state index contributed by atoms with van der Waals surface area (Å²) in [7, 11) is 0. The van der Waals surface area contributed by atoms with E-state index in [1.165, 1.54) is 0 Å². The zero-order valence-corrected chi connectivity index (χ0v) is 16.3.